The zero-order chi connectivity index (χ0) is 20.4. The van der Waals surface area contributed by atoms with Gasteiger partial charge in [0.2, 0.25) is 5.88 Å². The molecule has 0 saturated heterocycles. The highest BCUT2D eigenvalue weighted by atomic mass is 16.5. The van der Waals surface area contributed by atoms with E-state index in [-0.39, 0.29) is 18.3 Å². The summed E-state index contributed by atoms with van der Waals surface area (Å²) in [5.74, 6) is 2.02. The van der Waals surface area contributed by atoms with Gasteiger partial charge in [0.25, 0.3) is 0 Å². The number of aliphatic hydroxyl groups excluding tert-OH is 2. The van der Waals surface area contributed by atoms with Gasteiger partial charge in [-0.2, -0.15) is 0 Å². The molecule has 2 saturated carbocycles. The second kappa shape index (κ2) is 8.90. The lowest BCUT2D eigenvalue weighted by Gasteiger charge is -2.31. The maximum atomic E-state index is 9.89. The quantitative estimate of drug-likeness (QED) is 0.736. The third-order valence-corrected chi connectivity index (χ3v) is 6.13. The summed E-state index contributed by atoms with van der Waals surface area (Å²) in [6.45, 7) is 2.80. The van der Waals surface area contributed by atoms with E-state index < -0.39 is 0 Å². The first kappa shape index (κ1) is 20.4. The summed E-state index contributed by atoms with van der Waals surface area (Å²) in [5.41, 5.74) is 2.03. The lowest BCUT2D eigenvalue weighted by atomic mass is 9.82. The van der Waals surface area contributed by atoms with E-state index in [0.717, 1.165) is 54.4 Å². The summed E-state index contributed by atoms with van der Waals surface area (Å²) >= 11 is 0. The fraction of sp³-hybridized carbons (Fsp3) is 0.682. The molecule has 0 aromatic carbocycles. The molecule has 2 aliphatic rings. The highest BCUT2D eigenvalue weighted by Crippen LogP contribution is 2.38. The van der Waals surface area contributed by atoms with Gasteiger partial charge in [0.05, 0.1) is 23.1 Å². The Morgan fingerprint density at radius 2 is 1.83 bits per heavy atom. The molecule has 4 rings (SSSR count). The normalized spacial score (nSPS) is 28.1. The second-order valence-electron chi connectivity index (χ2n) is 8.70. The van der Waals surface area contributed by atoms with Gasteiger partial charge in [0.1, 0.15) is 11.9 Å². The molecule has 158 valence electrons. The van der Waals surface area contributed by atoms with E-state index in [1.54, 1.807) is 7.11 Å². The van der Waals surface area contributed by atoms with Crippen LogP contribution in [0.3, 0.4) is 0 Å². The minimum atomic E-state index is -0.274. The van der Waals surface area contributed by atoms with E-state index in [9.17, 15) is 10.2 Å². The van der Waals surface area contributed by atoms with Gasteiger partial charge < -0.3 is 19.7 Å². The molecule has 0 radical (unpaired) electrons. The summed E-state index contributed by atoms with van der Waals surface area (Å²) in [6.07, 6.45) is 8.78. The summed E-state index contributed by atoms with van der Waals surface area (Å²) in [7, 11) is 1.71. The first-order valence-electron chi connectivity index (χ1n) is 10.7. The topological polar surface area (TPSA) is 97.6 Å². The lowest BCUT2D eigenvalue weighted by Crippen LogP contribution is -2.37. The fourth-order valence-electron chi connectivity index (χ4n) is 4.38. The monoisotopic (exact) mass is 401 g/mol. The molecule has 2 aromatic heterocycles. The van der Waals surface area contributed by atoms with Gasteiger partial charge in [-0.05, 0) is 37.5 Å². The first-order chi connectivity index (χ1) is 14.0. The largest absolute Gasteiger partial charge is 0.474 e. The lowest BCUT2D eigenvalue weighted by molar-refractivity contribution is -0.0120. The Bertz CT molecular complexity index is 832. The molecular formula is C22H31N3O4. The molecule has 1 atom stereocenters. The standard InChI is InChI=1S/C22H31N3O4/c1-13(12-28-2)7-20-23-11-19-21(25-20)18(14-3-5-15(26)6-4-14)10-24-22(19)29-17-8-16(27)9-17/h10-11,13-17,26-27H,3-9,12H2,1-2H3/t13-,14?,15?,16?,17?/m0/s1. The average Bonchev–Trinajstić information content (AvgIpc) is 2.68. The van der Waals surface area contributed by atoms with E-state index in [4.69, 9.17) is 14.5 Å². The zero-order valence-electron chi connectivity index (χ0n) is 17.3. The summed E-state index contributed by atoms with van der Waals surface area (Å²) in [6, 6.07) is 0. The van der Waals surface area contributed by atoms with Crippen LogP contribution in [0.2, 0.25) is 0 Å². The number of aromatic nitrogens is 3. The van der Waals surface area contributed by atoms with Crippen molar-refractivity contribution in [1.29, 1.82) is 0 Å². The van der Waals surface area contributed by atoms with Crippen LogP contribution in [0.4, 0.5) is 0 Å². The molecule has 0 bridgehead atoms. The Kier molecular flexibility index (Phi) is 6.27. The molecule has 2 fully saturated rings. The number of fused-ring (bicyclic) bond motifs is 1. The number of methoxy groups -OCH3 is 1. The van der Waals surface area contributed by atoms with Gasteiger partial charge in [-0.1, -0.05) is 6.92 Å². The van der Waals surface area contributed by atoms with Crippen LogP contribution in [0.25, 0.3) is 10.9 Å². The molecule has 2 heterocycles. The molecule has 2 N–H and O–H groups in total. The molecule has 29 heavy (non-hydrogen) atoms. The first-order valence-corrected chi connectivity index (χ1v) is 10.7. The van der Waals surface area contributed by atoms with Gasteiger partial charge >= 0.3 is 0 Å². The van der Waals surface area contributed by atoms with Crippen molar-refractivity contribution in [2.45, 2.75) is 76.1 Å². The number of pyridine rings is 1. The number of nitrogens with zero attached hydrogens (tertiary/aromatic N) is 3. The van der Waals surface area contributed by atoms with Gasteiger partial charge in [-0.3, -0.25) is 0 Å². The molecule has 0 amide bonds. The summed E-state index contributed by atoms with van der Waals surface area (Å²) < 4.78 is 11.3. The Hall–Kier alpha value is -1.83. The fourth-order valence-corrected chi connectivity index (χ4v) is 4.38. The van der Waals surface area contributed by atoms with Crippen molar-refractivity contribution in [1.82, 2.24) is 15.0 Å². The van der Waals surface area contributed by atoms with Crippen molar-refractivity contribution in [3.8, 4) is 5.88 Å². The number of hydrogen-bond donors (Lipinski definition) is 2. The van der Waals surface area contributed by atoms with Crippen molar-refractivity contribution < 1.29 is 19.7 Å². The Balaban J connectivity index is 1.66. The molecule has 2 aliphatic carbocycles. The van der Waals surface area contributed by atoms with E-state index in [1.165, 1.54) is 0 Å². The van der Waals surface area contributed by atoms with Gasteiger partial charge in [-0.15, -0.1) is 0 Å². The summed E-state index contributed by atoms with van der Waals surface area (Å²) in [5, 5.41) is 20.3. The van der Waals surface area contributed by atoms with Crippen LogP contribution in [-0.2, 0) is 11.2 Å². The minimum absolute atomic E-state index is 0.00206. The van der Waals surface area contributed by atoms with Crippen molar-refractivity contribution in [3.05, 3.63) is 23.8 Å². The maximum Gasteiger partial charge on any atom is 0.224 e. The van der Waals surface area contributed by atoms with E-state index in [2.05, 4.69) is 16.9 Å². The highest BCUT2D eigenvalue weighted by molar-refractivity contribution is 5.85. The average molecular weight is 402 g/mol. The summed E-state index contributed by atoms with van der Waals surface area (Å²) in [4.78, 5) is 14.1. The smallest absolute Gasteiger partial charge is 0.224 e. The minimum Gasteiger partial charge on any atom is -0.474 e. The number of rotatable bonds is 7. The Labute approximate surface area is 171 Å². The van der Waals surface area contributed by atoms with E-state index >= 15 is 0 Å². The third-order valence-electron chi connectivity index (χ3n) is 6.13. The Morgan fingerprint density at radius 1 is 1.07 bits per heavy atom. The van der Waals surface area contributed by atoms with Crippen LogP contribution in [0.15, 0.2) is 12.4 Å². The van der Waals surface area contributed by atoms with Crippen LogP contribution in [0.5, 0.6) is 5.88 Å². The van der Waals surface area contributed by atoms with Gasteiger partial charge in [0.15, 0.2) is 0 Å². The van der Waals surface area contributed by atoms with Crippen molar-refractivity contribution in [3.63, 3.8) is 0 Å². The molecule has 7 nitrogen and oxygen atoms in total. The van der Waals surface area contributed by atoms with Crippen LogP contribution in [0, 0.1) is 5.92 Å². The SMILES string of the molecule is COC[C@@H](C)Cc1ncc2c(OC3CC(O)C3)ncc(C3CCC(O)CC3)c2n1. The highest BCUT2D eigenvalue weighted by Gasteiger charge is 2.31. The molecule has 0 spiro atoms. The molecule has 0 unspecified atom stereocenters. The molecule has 7 heteroatoms. The molecular weight excluding hydrogens is 370 g/mol. The predicted octanol–water partition coefficient (Wildman–Crippen LogP) is 2.77. The van der Waals surface area contributed by atoms with Crippen molar-refractivity contribution in [2.24, 2.45) is 5.92 Å². The van der Waals surface area contributed by atoms with Crippen molar-refractivity contribution >= 4 is 10.9 Å². The molecule has 0 aliphatic heterocycles. The molecule has 2 aromatic rings. The van der Waals surface area contributed by atoms with E-state index in [1.807, 2.05) is 12.4 Å². The van der Waals surface area contributed by atoms with Crippen LogP contribution in [-0.4, -0.2) is 57.2 Å². The van der Waals surface area contributed by atoms with E-state index in [0.29, 0.717) is 37.2 Å². The zero-order valence-corrected chi connectivity index (χ0v) is 17.3. The number of aliphatic hydroxyl groups is 2. The van der Waals surface area contributed by atoms with Gasteiger partial charge in [0, 0.05) is 50.9 Å². The van der Waals surface area contributed by atoms with Crippen LogP contribution >= 0.6 is 0 Å². The second-order valence-corrected chi connectivity index (χ2v) is 8.70. The number of hydrogen-bond acceptors (Lipinski definition) is 7. The van der Waals surface area contributed by atoms with Crippen LogP contribution in [0.1, 0.15) is 62.8 Å². The van der Waals surface area contributed by atoms with Crippen molar-refractivity contribution in [2.75, 3.05) is 13.7 Å². The third kappa shape index (κ3) is 4.68. The number of ether oxygens (including phenoxy) is 2. The maximum absolute atomic E-state index is 9.89. The van der Waals surface area contributed by atoms with Gasteiger partial charge in [-0.25, -0.2) is 15.0 Å². The Morgan fingerprint density at radius 3 is 2.52 bits per heavy atom. The predicted molar refractivity (Wildman–Crippen MR) is 109 cm³/mol. The van der Waals surface area contributed by atoms with Crippen LogP contribution < -0.4 is 4.74 Å².